The SMILES string of the molecule is CCCCCCNC(=O)[C@@H]1C[C@@H](C(=O)NCCCCCC)CN(C(=O)c2ccc(C(=O)N3C[C@@H](C(=O)N[C@H]4C[C@@H]4c4ccccc4)[C@H](C(=O)N[C@H]4C[C@@H]4c4ccccc4)C3)cc2)C1. The standard InChI is InChI=1S/C51H66N6O6/c1-3-5-7-15-25-52-46(58)38-27-39(47(59)53-26-16-8-6-4-2)31-56(30-38)50(62)36-21-23-37(24-22-36)51(63)57-32-42(48(60)54-44-28-40(44)34-17-11-9-12-18-34)43(33-57)49(61)55-45-29-41(45)35-19-13-10-14-20-35/h9-14,17-24,38-45H,3-8,15-16,25-33H2,1-2H3,(H,52,58)(H,53,59)(H,54,60)(H,55,61)/t38-,39-,40-,41-,42-,43-,44+,45+/m1/s1. The van der Waals surface area contributed by atoms with E-state index in [4.69, 9.17) is 0 Å². The third kappa shape index (κ3) is 11.9. The van der Waals surface area contributed by atoms with Gasteiger partial charge in [-0.2, -0.15) is 0 Å². The van der Waals surface area contributed by atoms with Crippen LogP contribution in [0.15, 0.2) is 84.9 Å². The summed E-state index contributed by atoms with van der Waals surface area (Å²) in [5, 5.41) is 12.5. The van der Waals surface area contributed by atoms with E-state index >= 15 is 0 Å². The highest BCUT2D eigenvalue weighted by Gasteiger charge is 2.49. The maximum absolute atomic E-state index is 14.1. The highest BCUT2D eigenvalue weighted by molar-refractivity contribution is 5.99. The average Bonchev–Trinajstić information content (AvgIpc) is 4.23. The van der Waals surface area contributed by atoms with E-state index in [-0.39, 0.29) is 85.5 Å². The molecule has 6 amide bonds. The fourth-order valence-electron chi connectivity index (χ4n) is 9.51. The van der Waals surface area contributed by atoms with E-state index in [9.17, 15) is 28.8 Å². The van der Waals surface area contributed by atoms with Crippen molar-refractivity contribution in [1.29, 1.82) is 0 Å². The Morgan fingerprint density at radius 2 is 0.873 bits per heavy atom. The quantitative estimate of drug-likeness (QED) is 0.0994. The lowest BCUT2D eigenvalue weighted by Gasteiger charge is -2.36. The Bertz CT molecular complexity index is 1940. The molecule has 2 saturated carbocycles. The molecule has 8 atom stereocenters. The lowest BCUT2D eigenvalue weighted by Crippen LogP contribution is -2.52. The molecule has 4 aliphatic rings. The van der Waals surface area contributed by atoms with Gasteiger partial charge in [0, 0.05) is 74.3 Å². The van der Waals surface area contributed by atoms with Crippen LogP contribution >= 0.6 is 0 Å². The van der Waals surface area contributed by atoms with Gasteiger partial charge in [0.2, 0.25) is 23.6 Å². The summed E-state index contributed by atoms with van der Waals surface area (Å²) in [7, 11) is 0. The minimum atomic E-state index is -0.720. The summed E-state index contributed by atoms with van der Waals surface area (Å²) in [6.45, 7) is 5.98. The van der Waals surface area contributed by atoms with Gasteiger partial charge in [0.15, 0.2) is 0 Å². The Balaban J connectivity index is 1.00. The molecule has 336 valence electrons. The van der Waals surface area contributed by atoms with E-state index in [0.717, 1.165) is 64.2 Å². The topological polar surface area (TPSA) is 157 Å². The summed E-state index contributed by atoms with van der Waals surface area (Å²) in [5.74, 6) is -3.42. The minimum Gasteiger partial charge on any atom is -0.356 e. The van der Waals surface area contributed by atoms with Gasteiger partial charge in [0.25, 0.3) is 11.8 Å². The van der Waals surface area contributed by atoms with Gasteiger partial charge in [0.05, 0.1) is 23.7 Å². The van der Waals surface area contributed by atoms with Crippen LogP contribution in [0, 0.1) is 23.7 Å². The van der Waals surface area contributed by atoms with Crippen LogP contribution in [-0.4, -0.2) is 96.6 Å². The molecule has 3 aromatic carbocycles. The molecule has 0 unspecified atom stereocenters. The zero-order valence-corrected chi connectivity index (χ0v) is 37.1. The van der Waals surface area contributed by atoms with Gasteiger partial charge in [-0.1, -0.05) is 113 Å². The lowest BCUT2D eigenvalue weighted by atomic mass is 9.87. The summed E-state index contributed by atoms with van der Waals surface area (Å²) in [6.07, 6.45) is 10.2. The van der Waals surface area contributed by atoms with E-state index in [2.05, 4.69) is 59.4 Å². The van der Waals surface area contributed by atoms with Crippen LogP contribution < -0.4 is 21.3 Å². The second-order valence-corrected chi connectivity index (χ2v) is 18.3. The van der Waals surface area contributed by atoms with Crippen LogP contribution in [0.4, 0.5) is 0 Å². The molecule has 4 fully saturated rings. The molecular weight excluding hydrogens is 793 g/mol. The Hall–Kier alpha value is -5.52. The number of rotatable bonds is 20. The van der Waals surface area contributed by atoms with E-state index in [1.165, 1.54) is 11.1 Å². The van der Waals surface area contributed by atoms with E-state index in [1.807, 2.05) is 36.4 Å². The molecule has 2 aliphatic heterocycles. The van der Waals surface area contributed by atoms with E-state index in [1.54, 1.807) is 34.1 Å². The number of nitrogens with one attached hydrogen (secondary N) is 4. The molecule has 7 rings (SSSR count). The maximum Gasteiger partial charge on any atom is 0.253 e. The van der Waals surface area contributed by atoms with Crippen molar-refractivity contribution in [3.8, 4) is 0 Å². The molecule has 0 aromatic heterocycles. The monoisotopic (exact) mass is 859 g/mol. The molecule has 63 heavy (non-hydrogen) atoms. The van der Waals surface area contributed by atoms with Crippen molar-refractivity contribution in [3.63, 3.8) is 0 Å². The fraction of sp³-hybridized carbons (Fsp3) is 0.529. The second kappa shape index (κ2) is 21.7. The second-order valence-electron chi connectivity index (χ2n) is 18.3. The van der Waals surface area contributed by atoms with Crippen molar-refractivity contribution in [1.82, 2.24) is 31.1 Å². The zero-order valence-electron chi connectivity index (χ0n) is 37.1. The lowest BCUT2D eigenvalue weighted by molar-refractivity contribution is -0.133. The van der Waals surface area contributed by atoms with Crippen LogP contribution in [-0.2, 0) is 19.2 Å². The van der Waals surface area contributed by atoms with Crippen molar-refractivity contribution in [2.75, 3.05) is 39.3 Å². The first-order chi connectivity index (χ1) is 30.6. The van der Waals surface area contributed by atoms with E-state index < -0.39 is 23.7 Å². The van der Waals surface area contributed by atoms with Crippen LogP contribution in [0.2, 0.25) is 0 Å². The smallest absolute Gasteiger partial charge is 0.253 e. The summed E-state index contributed by atoms with van der Waals surface area (Å²) in [5.41, 5.74) is 3.01. The maximum atomic E-state index is 14.1. The highest BCUT2D eigenvalue weighted by Crippen LogP contribution is 2.43. The van der Waals surface area contributed by atoms with Gasteiger partial charge in [-0.3, -0.25) is 28.8 Å². The molecular formula is C51H66N6O6. The predicted octanol–water partition coefficient (Wildman–Crippen LogP) is 6.19. The number of amides is 6. The number of hydrogen-bond donors (Lipinski definition) is 4. The van der Waals surface area contributed by atoms with Gasteiger partial charge in [0.1, 0.15) is 0 Å². The molecule has 4 N–H and O–H groups in total. The molecule has 2 aliphatic carbocycles. The largest absolute Gasteiger partial charge is 0.356 e. The first-order valence-corrected chi connectivity index (χ1v) is 23.6. The van der Waals surface area contributed by atoms with Crippen LogP contribution in [0.1, 0.15) is 128 Å². The number of likely N-dealkylation sites (tertiary alicyclic amines) is 2. The van der Waals surface area contributed by atoms with Crippen molar-refractivity contribution in [3.05, 3.63) is 107 Å². The fourth-order valence-corrected chi connectivity index (χ4v) is 9.51. The Morgan fingerprint density at radius 3 is 1.27 bits per heavy atom. The van der Waals surface area contributed by atoms with Gasteiger partial charge in [-0.25, -0.2) is 0 Å². The molecule has 3 aromatic rings. The molecule has 2 saturated heterocycles. The number of benzene rings is 3. The number of hydrogen-bond acceptors (Lipinski definition) is 6. The number of unbranched alkanes of at least 4 members (excludes halogenated alkanes) is 6. The van der Waals surface area contributed by atoms with Crippen molar-refractivity contribution in [2.45, 2.75) is 108 Å². The van der Waals surface area contributed by atoms with Gasteiger partial charge in [-0.05, 0) is 67.5 Å². The van der Waals surface area contributed by atoms with Gasteiger partial charge in [-0.15, -0.1) is 0 Å². The molecule has 2 heterocycles. The van der Waals surface area contributed by atoms with Crippen molar-refractivity contribution in [2.24, 2.45) is 23.7 Å². The third-order valence-corrected chi connectivity index (χ3v) is 13.5. The molecule has 0 radical (unpaired) electrons. The number of piperidine rings is 1. The summed E-state index contributed by atoms with van der Waals surface area (Å²) in [4.78, 5) is 86.0. The predicted molar refractivity (Wildman–Crippen MR) is 243 cm³/mol. The van der Waals surface area contributed by atoms with Gasteiger partial charge < -0.3 is 31.1 Å². The number of carbonyl (C=O) groups is 6. The molecule has 0 spiro atoms. The van der Waals surface area contributed by atoms with Crippen molar-refractivity contribution >= 4 is 35.4 Å². The summed E-state index contributed by atoms with van der Waals surface area (Å²) < 4.78 is 0. The normalized spacial score (nSPS) is 24.9. The first-order valence-electron chi connectivity index (χ1n) is 23.6. The van der Waals surface area contributed by atoms with Crippen LogP contribution in [0.3, 0.4) is 0 Å². The number of nitrogens with zero attached hydrogens (tertiary/aromatic N) is 2. The summed E-state index contributed by atoms with van der Waals surface area (Å²) >= 11 is 0. The Labute approximate surface area is 372 Å². The van der Waals surface area contributed by atoms with Crippen molar-refractivity contribution < 1.29 is 28.8 Å². The Morgan fingerprint density at radius 1 is 0.476 bits per heavy atom. The van der Waals surface area contributed by atoms with Crippen LogP contribution in [0.5, 0.6) is 0 Å². The van der Waals surface area contributed by atoms with E-state index in [0.29, 0.717) is 30.6 Å². The van der Waals surface area contributed by atoms with Gasteiger partial charge >= 0.3 is 0 Å². The third-order valence-electron chi connectivity index (χ3n) is 13.5. The summed E-state index contributed by atoms with van der Waals surface area (Å²) in [6, 6.07) is 26.5. The molecule has 12 nitrogen and oxygen atoms in total. The highest BCUT2D eigenvalue weighted by atomic mass is 16.2. The molecule has 12 heteroatoms. The molecule has 0 bridgehead atoms. The minimum absolute atomic E-state index is 0.0235. The van der Waals surface area contributed by atoms with Crippen LogP contribution in [0.25, 0.3) is 0 Å². The first kappa shape index (κ1) is 45.5. The average molecular weight is 859 g/mol. The zero-order chi connectivity index (χ0) is 44.3. The number of carbonyl (C=O) groups excluding carboxylic acids is 6. The Kier molecular flexibility index (Phi) is 15.7.